The molecule has 4 amide bonds. The van der Waals surface area contributed by atoms with Crippen molar-refractivity contribution in [3.63, 3.8) is 0 Å². The molecule has 0 fully saturated rings. The Hall–Kier alpha value is -6.39. The Bertz CT molecular complexity index is 2120. The summed E-state index contributed by atoms with van der Waals surface area (Å²) in [4.78, 5) is 90.6. The van der Waals surface area contributed by atoms with Crippen molar-refractivity contribution in [1.82, 2.24) is 24.7 Å². The number of esters is 2. The van der Waals surface area contributed by atoms with Crippen LogP contribution in [0.25, 0.3) is 11.3 Å². The summed E-state index contributed by atoms with van der Waals surface area (Å²) in [6.07, 6.45) is -2.00. The highest BCUT2D eigenvalue weighted by Crippen LogP contribution is 2.39. The predicted molar refractivity (Wildman–Crippen MR) is 208 cm³/mol. The molecule has 0 radical (unpaired) electrons. The van der Waals surface area contributed by atoms with E-state index in [1.54, 1.807) is 10.8 Å². The fourth-order valence-corrected chi connectivity index (χ4v) is 6.10. The van der Waals surface area contributed by atoms with Crippen LogP contribution in [0.15, 0.2) is 66.9 Å². The summed E-state index contributed by atoms with van der Waals surface area (Å²) in [6, 6.07) is 8.61. The van der Waals surface area contributed by atoms with Crippen LogP contribution >= 0.6 is 0 Å². The SMILES string of the molecule is CC(C)(C)[C@H](c1nc(-c2cc(F)ccc2F)cn1Cc1ccccc1)N(CC[C@H](N)C(=O)OC(=O)[C@H](CCC(N)=O)NCCN1C(=O)C=CC1=O)C(=O)CO.O=C(O)C(F)(F)F. The summed E-state index contributed by atoms with van der Waals surface area (Å²) < 4.78 is 67.8. The van der Waals surface area contributed by atoms with Gasteiger partial charge in [0, 0.05) is 56.5 Å². The number of imidazole rings is 1. The fourth-order valence-electron chi connectivity index (χ4n) is 6.10. The molecule has 2 heterocycles. The number of aliphatic carboxylic acids is 1. The molecule has 0 spiro atoms. The number of amides is 4. The van der Waals surface area contributed by atoms with Gasteiger partial charge in [-0.2, -0.15) is 13.2 Å². The number of nitrogens with two attached hydrogens (primary N) is 2. The molecule has 336 valence electrons. The smallest absolute Gasteiger partial charge is 0.475 e. The zero-order valence-electron chi connectivity index (χ0n) is 33.7. The number of carbonyl (C=O) groups excluding carboxylic acids is 6. The first kappa shape index (κ1) is 50.0. The molecule has 1 aliphatic heterocycles. The Morgan fingerprint density at radius 3 is 2.11 bits per heavy atom. The van der Waals surface area contributed by atoms with Crippen LogP contribution < -0.4 is 16.8 Å². The number of carboxylic acids is 1. The van der Waals surface area contributed by atoms with Gasteiger partial charge in [-0.15, -0.1) is 0 Å². The van der Waals surface area contributed by atoms with Crippen LogP contribution in [0.4, 0.5) is 22.0 Å². The summed E-state index contributed by atoms with van der Waals surface area (Å²) >= 11 is 0. The molecule has 7 N–H and O–H groups in total. The van der Waals surface area contributed by atoms with Gasteiger partial charge in [0.25, 0.3) is 11.8 Å². The van der Waals surface area contributed by atoms with Crippen molar-refractivity contribution in [2.75, 3.05) is 26.2 Å². The molecule has 17 nitrogen and oxygen atoms in total. The van der Waals surface area contributed by atoms with E-state index in [1.807, 2.05) is 51.1 Å². The summed E-state index contributed by atoms with van der Waals surface area (Å²) in [5.41, 5.74) is 11.5. The largest absolute Gasteiger partial charge is 0.490 e. The minimum absolute atomic E-state index is 0.0715. The Morgan fingerprint density at radius 2 is 1.56 bits per heavy atom. The van der Waals surface area contributed by atoms with Crippen LogP contribution in [0.1, 0.15) is 57.5 Å². The number of ether oxygens (including phenoxy) is 1. The lowest BCUT2D eigenvalue weighted by atomic mass is 9.84. The number of carbonyl (C=O) groups is 7. The molecule has 1 aliphatic rings. The van der Waals surface area contributed by atoms with Gasteiger partial charge in [0.05, 0.1) is 11.7 Å². The lowest BCUT2D eigenvalue weighted by molar-refractivity contribution is -0.192. The third-order valence-electron chi connectivity index (χ3n) is 9.06. The second-order valence-electron chi connectivity index (χ2n) is 14.8. The number of nitrogens with one attached hydrogen (secondary N) is 1. The van der Waals surface area contributed by atoms with E-state index in [-0.39, 0.29) is 62.5 Å². The highest BCUT2D eigenvalue weighted by molar-refractivity contribution is 6.12. The normalized spacial score (nSPS) is 14.1. The number of aromatic nitrogens is 2. The number of imide groups is 1. The average molecular weight is 880 g/mol. The molecule has 1 aromatic heterocycles. The van der Waals surface area contributed by atoms with E-state index in [0.29, 0.717) is 0 Å². The summed E-state index contributed by atoms with van der Waals surface area (Å²) in [5.74, 6) is -8.65. The zero-order valence-corrected chi connectivity index (χ0v) is 33.7. The zero-order chi connectivity index (χ0) is 46.5. The van der Waals surface area contributed by atoms with Crippen LogP contribution in [0.3, 0.4) is 0 Å². The maximum Gasteiger partial charge on any atom is 0.490 e. The summed E-state index contributed by atoms with van der Waals surface area (Å²) in [5, 5.41) is 20.0. The van der Waals surface area contributed by atoms with Gasteiger partial charge < -0.3 is 41.2 Å². The molecule has 2 aromatic carbocycles. The number of carboxylic acid groups (broad SMARTS) is 1. The number of hydrogen-bond acceptors (Lipinski definition) is 12. The van der Waals surface area contributed by atoms with Crippen molar-refractivity contribution in [1.29, 1.82) is 0 Å². The van der Waals surface area contributed by atoms with Gasteiger partial charge in [0.2, 0.25) is 11.8 Å². The Balaban J connectivity index is 0.00000134. The van der Waals surface area contributed by atoms with Gasteiger partial charge in [-0.25, -0.2) is 28.1 Å². The van der Waals surface area contributed by atoms with E-state index < -0.39 is 89.5 Å². The van der Waals surface area contributed by atoms with Crippen LogP contribution in [-0.2, 0) is 44.8 Å². The lowest BCUT2D eigenvalue weighted by Gasteiger charge is -2.40. The van der Waals surface area contributed by atoms with Gasteiger partial charge in [-0.1, -0.05) is 51.1 Å². The van der Waals surface area contributed by atoms with E-state index in [2.05, 4.69) is 5.32 Å². The number of aliphatic hydroxyl groups is 1. The van der Waals surface area contributed by atoms with Crippen molar-refractivity contribution in [3.8, 4) is 11.3 Å². The van der Waals surface area contributed by atoms with Crippen LogP contribution in [-0.4, -0.2) is 116 Å². The van der Waals surface area contributed by atoms with E-state index >= 15 is 4.39 Å². The molecular weight excluding hydrogens is 833 g/mol. The summed E-state index contributed by atoms with van der Waals surface area (Å²) in [7, 11) is 0. The van der Waals surface area contributed by atoms with Crippen molar-refractivity contribution in [3.05, 3.63) is 89.9 Å². The molecule has 0 unspecified atom stereocenters. The van der Waals surface area contributed by atoms with Gasteiger partial charge in [0.1, 0.15) is 36.1 Å². The number of benzene rings is 2. The highest BCUT2D eigenvalue weighted by atomic mass is 19.4. The predicted octanol–water partition coefficient (Wildman–Crippen LogP) is 2.35. The molecule has 4 rings (SSSR count). The first-order valence-corrected chi connectivity index (χ1v) is 18.8. The number of hydrogen-bond donors (Lipinski definition) is 5. The van der Waals surface area contributed by atoms with Crippen molar-refractivity contribution >= 4 is 41.5 Å². The Labute approximate surface area is 351 Å². The maximum atomic E-state index is 15.0. The standard InChI is InChI=1S/C38H45F2N7O8.C2HF3O2/c1-38(2,3)34(35-44-29(25-19-24(39)9-10-26(25)40)21-45(35)20-23-7-5-4-6-8-23)47(33(52)22-48)17-15-27(41)36(53)55-37(54)28(11-12-30(42)49)43-16-18-46-31(50)13-14-32(46)51;3-2(4,5)1(6)7/h4-10,13-14,19,21,27-28,34,43,48H,11-12,15-18,20,22,41H2,1-3H3,(H2,42,49);(H,6,7)/t27-,28-,34-;/m0./s1. The van der Waals surface area contributed by atoms with E-state index in [9.17, 15) is 51.4 Å². The van der Waals surface area contributed by atoms with Gasteiger partial charge in [-0.05, 0) is 42.0 Å². The topological polar surface area (TPSA) is 258 Å². The van der Waals surface area contributed by atoms with E-state index in [0.717, 1.165) is 40.8 Å². The number of halogens is 5. The van der Waals surface area contributed by atoms with Gasteiger partial charge in [0.15, 0.2) is 0 Å². The molecule has 62 heavy (non-hydrogen) atoms. The molecule has 0 aliphatic carbocycles. The van der Waals surface area contributed by atoms with Crippen LogP contribution in [0, 0.1) is 17.0 Å². The lowest BCUT2D eigenvalue weighted by Crippen LogP contribution is -2.48. The van der Waals surface area contributed by atoms with Gasteiger partial charge >= 0.3 is 24.1 Å². The van der Waals surface area contributed by atoms with Crippen LogP contribution in [0.2, 0.25) is 0 Å². The van der Waals surface area contributed by atoms with Crippen molar-refractivity contribution in [2.45, 2.75) is 70.9 Å². The fraction of sp³-hybridized carbons (Fsp3) is 0.400. The Kier molecular flexibility index (Phi) is 17.7. The molecule has 0 saturated heterocycles. The first-order valence-electron chi connectivity index (χ1n) is 18.8. The number of rotatable bonds is 18. The number of alkyl halides is 3. The molecular formula is C40H46F5N7O10. The third kappa shape index (κ3) is 14.4. The quantitative estimate of drug-likeness (QED) is 0.0533. The number of nitrogens with zero attached hydrogens (tertiary/aromatic N) is 4. The van der Waals surface area contributed by atoms with Crippen LogP contribution in [0.5, 0.6) is 0 Å². The van der Waals surface area contributed by atoms with Crippen molar-refractivity contribution in [2.24, 2.45) is 16.9 Å². The molecule has 0 bridgehead atoms. The minimum atomic E-state index is -5.08. The number of aliphatic hydroxyl groups excluding tert-OH is 1. The monoisotopic (exact) mass is 879 g/mol. The minimum Gasteiger partial charge on any atom is -0.475 e. The third-order valence-corrected chi connectivity index (χ3v) is 9.06. The van der Waals surface area contributed by atoms with Gasteiger partial charge in [-0.3, -0.25) is 24.1 Å². The molecule has 3 aromatic rings. The molecule has 0 saturated carbocycles. The van der Waals surface area contributed by atoms with E-state index in [1.165, 1.54) is 4.90 Å². The van der Waals surface area contributed by atoms with E-state index in [4.69, 9.17) is 31.1 Å². The Morgan fingerprint density at radius 1 is 0.952 bits per heavy atom. The molecule has 3 atom stereocenters. The second-order valence-corrected chi connectivity index (χ2v) is 14.8. The second kappa shape index (κ2) is 21.9. The first-order chi connectivity index (χ1) is 28.9. The summed E-state index contributed by atoms with van der Waals surface area (Å²) in [6.45, 7) is 4.35. The van der Waals surface area contributed by atoms with Crippen molar-refractivity contribution < 1.29 is 70.5 Å². The highest BCUT2D eigenvalue weighted by Gasteiger charge is 2.40. The maximum absolute atomic E-state index is 15.0. The molecule has 22 heteroatoms. The average Bonchev–Trinajstić information content (AvgIpc) is 3.74. The number of primary amides is 1.